The Labute approximate surface area is 103 Å². The van der Waals surface area contributed by atoms with Gasteiger partial charge in [0.05, 0.1) is 0 Å². The highest BCUT2D eigenvalue weighted by Gasteiger charge is 2.15. The van der Waals surface area contributed by atoms with E-state index in [0.717, 1.165) is 0 Å². The van der Waals surface area contributed by atoms with E-state index in [-0.39, 0.29) is 23.9 Å². The molecule has 100 valence electrons. The Morgan fingerprint density at radius 1 is 1.44 bits per heavy atom. The van der Waals surface area contributed by atoms with E-state index in [1.165, 1.54) is 0 Å². The monoisotopic (exact) mass is 256 g/mol. The second kappa shape index (κ2) is 6.58. The topological polar surface area (TPSA) is 131 Å². The second-order valence-electron chi connectivity index (χ2n) is 4.08. The zero-order valence-electron chi connectivity index (χ0n) is 10.0. The van der Waals surface area contributed by atoms with Crippen molar-refractivity contribution in [3.8, 4) is 0 Å². The molecule has 1 amide bonds. The van der Waals surface area contributed by atoms with Crippen LogP contribution in [0.1, 0.15) is 36.7 Å². The van der Waals surface area contributed by atoms with Crippen LogP contribution in [0.4, 0.5) is 5.82 Å². The fraction of sp³-hybridized carbons (Fsp3) is 0.600. The summed E-state index contributed by atoms with van der Waals surface area (Å²) in [6.07, 6.45) is 1.40. The number of nitrogens with zero attached hydrogens (tertiary/aromatic N) is 2. The van der Waals surface area contributed by atoms with Gasteiger partial charge in [0, 0.05) is 13.0 Å². The molecule has 1 atom stereocenters. The first kappa shape index (κ1) is 13.9. The molecule has 0 aromatic carbocycles. The van der Waals surface area contributed by atoms with Gasteiger partial charge in [0.15, 0.2) is 0 Å². The number of anilines is 1. The smallest absolute Gasteiger partial charge is 0.303 e. The van der Waals surface area contributed by atoms with E-state index in [4.69, 9.17) is 10.8 Å². The number of rotatable bonds is 7. The molecule has 18 heavy (non-hydrogen) atoms. The highest BCUT2D eigenvalue weighted by atomic mass is 16.6. The Bertz CT molecular complexity index is 418. The number of carboxylic acid groups (broad SMARTS) is 1. The van der Waals surface area contributed by atoms with Crippen LogP contribution in [0, 0.1) is 5.92 Å². The number of aromatic nitrogens is 2. The molecule has 0 saturated carbocycles. The van der Waals surface area contributed by atoms with Crippen molar-refractivity contribution in [3.05, 3.63) is 5.69 Å². The van der Waals surface area contributed by atoms with Crippen LogP contribution in [0.25, 0.3) is 0 Å². The molecular formula is C10H16N4O4. The molecule has 1 heterocycles. The van der Waals surface area contributed by atoms with Gasteiger partial charge in [0.2, 0.25) is 11.5 Å². The fourth-order valence-electron chi connectivity index (χ4n) is 1.38. The van der Waals surface area contributed by atoms with Crippen molar-refractivity contribution in [3.63, 3.8) is 0 Å². The van der Waals surface area contributed by atoms with Gasteiger partial charge in [-0.3, -0.25) is 9.59 Å². The molecule has 0 spiro atoms. The molecule has 1 aromatic rings. The van der Waals surface area contributed by atoms with E-state index in [9.17, 15) is 9.59 Å². The lowest BCUT2D eigenvalue weighted by Gasteiger charge is -2.09. The van der Waals surface area contributed by atoms with Crippen LogP contribution in [0.3, 0.4) is 0 Å². The number of carbonyl (C=O) groups excluding carboxylic acids is 1. The van der Waals surface area contributed by atoms with Crippen molar-refractivity contribution < 1.29 is 19.3 Å². The molecule has 0 aliphatic carbocycles. The van der Waals surface area contributed by atoms with Gasteiger partial charge in [-0.15, -0.1) is 0 Å². The number of nitrogens with one attached hydrogen (secondary N) is 1. The van der Waals surface area contributed by atoms with Crippen molar-refractivity contribution in [1.82, 2.24) is 15.6 Å². The SMILES string of the molecule is CC(CCNC(=O)c1nonc1N)CCC(=O)O. The summed E-state index contributed by atoms with van der Waals surface area (Å²) in [6, 6.07) is 0. The van der Waals surface area contributed by atoms with E-state index in [2.05, 4.69) is 20.3 Å². The summed E-state index contributed by atoms with van der Waals surface area (Å²) in [4.78, 5) is 21.9. The van der Waals surface area contributed by atoms with Crippen LogP contribution in [-0.2, 0) is 4.79 Å². The van der Waals surface area contributed by atoms with Gasteiger partial charge < -0.3 is 16.2 Å². The van der Waals surface area contributed by atoms with Gasteiger partial charge in [-0.1, -0.05) is 6.92 Å². The summed E-state index contributed by atoms with van der Waals surface area (Å²) in [7, 11) is 0. The Morgan fingerprint density at radius 3 is 2.72 bits per heavy atom. The van der Waals surface area contributed by atoms with E-state index < -0.39 is 11.9 Å². The highest BCUT2D eigenvalue weighted by Crippen LogP contribution is 2.09. The van der Waals surface area contributed by atoms with Crippen LogP contribution in [0.5, 0.6) is 0 Å². The number of aliphatic carboxylic acids is 1. The molecule has 0 saturated heterocycles. The Morgan fingerprint density at radius 2 is 2.17 bits per heavy atom. The Hall–Kier alpha value is -2.12. The van der Waals surface area contributed by atoms with Gasteiger partial charge in [0.25, 0.3) is 5.91 Å². The third-order valence-corrected chi connectivity index (χ3v) is 2.50. The van der Waals surface area contributed by atoms with Crippen molar-refractivity contribution in [2.75, 3.05) is 12.3 Å². The van der Waals surface area contributed by atoms with Crippen LogP contribution >= 0.6 is 0 Å². The first-order chi connectivity index (χ1) is 8.50. The van der Waals surface area contributed by atoms with Gasteiger partial charge >= 0.3 is 5.97 Å². The van der Waals surface area contributed by atoms with Crippen LogP contribution in [-0.4, -0.2) is 33.8 Å². The molecule has 1 unspecified atom stereocenters. The molecule has 8 heteroatoms. The third-order valence-electron chi connectivity index (χ3n) is 2.50. The molecule has 4 N–H and O–H groups in total. The van der Waals surface area contributed by atoms with Crippen molar-refractivity contribution in [2.24, 2.45) is 5.92 Å². The first-order valence-electron chi connectivity index (χ1n) is 5.58. The summed E-state index contributed by atoms with van der Waals surface area (Å²) in [6.45, 7) is 2.35. The standard InChI is InChI=1S/C10H16N4O4/c1-6(2-3-7(15)16)4-5-12-10(17)8-9(11)14-18-13-8/h6H,2-5H2,1H3,(H2,11,14)(H,12,17)(H,15,16). The maximum Gasteiger partial charge on any atom is 0.303 e. The highest BCUT2D eigenvalue weighted by molar-refractivity contribution is 5.95. The minimum Gasteiger partial charge on any atom is -0.481 e. The lowest BCUT2D eigenvalue weighted by Crippen LogP contribution is -2.26. The largest absolute Gasteiger partial charge is 0.481 e. The quantitative estimate of drug-likeness (QED) is 0.638. The number of nitrogens with two attached hydrogens (primary N) is 1. The van der Waals surface area contributed by atoms with E-state index in [1.807, 2.05) is 6.92 Å². The molecule has 8 nitrogen and oxygen atoms in total. The lowest BCUT2D eigenvalue weighted by atomic mass is 10.0. The summed E-state index contributed by atoms with van der Waals surface area (Å²) in [5.41, 5.74) is 5.33. The van der Waals surface area contributed by atoms with Gasteiger partial charge in [0.1, 0.15) is 0 Å². The molecule has 0 aliphatic heterocycles. The normalized spacial score (nSPS) is 12.1. The minimum absolute atomic E-state index is 0.0341. The Balaban J connectivity index is 2.24. The van der Waals surface area contributed by atoms with E-state index in [1.54, 1.807) is 0 Å². The number of carboxylic acids is 1. The predicted octanol–water partition coefficient (Wildman–Crippen LogP) is 0.273. The maximum absolute atomic E-state index is 11.5. The summed E-state index contributed by atoms with van der Waals surface area (Å²) >= 11 is 0. The number of carbonyl (C=O) groups is 2. The molecular weight excluding hydrogens is 240 g/mol. The zero-order chi connectivity index (χ0) is 13.5. The van der Waals surface area contributed by atoms with Gasteiger partial charge in [-0.25, -0.2) is 4.63 Å². The summed E-state index contributed by atoms with van der Waals surface area (Å²) in [5.74, 6) is -1.09. The summed E-state index contributed by atoms with van der Waals surface area (Å²) < 4.78 is 4.31. The number of nitrogen functional groups attached to an aromatic ring is 1. The molecule has 0 fully saturated rings. The van der Waals surface area contributed by atoms with Gasteiger partial charge in [-0.05, 0) is 29.1 Å². The predicted molar refractivity (Wildman–Crippen MR) is 61.7 cm³/mol. The molecule has 1 rings (SSSR count). The Kier molecular flexibility index (Phi) is 5.09. The van der Waals surface area contributed by atoms with Crippen molar-refractivity contribution in [1.29, 1.82) is 0 Å². The first-order valence-corrected chi connectivity index (χ1v) is 5.58. The van der Waals surface area contributed by atoms with E-state index in [0.29, 0.717) is 19.4 Å². The molecule has 0 aliphatic rings. The number of hydrogen-bond donors (Lipinski definition) is 3. The fourth-order valence-corrected chi connectivity index (χ4v) is 1.38. The number of amides is 1. The molecule has 1 aromatic heterocycles. The average molecular weight is 256 g/mol. The second-order valence-corrected chi connectivity index (χ2v) is 4.08. The lowest BCUT2D eigenvalue weighted by molar-refractivity contribution is -0.137. The average Bonchev–Trinajstić information content (AvgIpc) is 2.72. The van der Waals surface area contributed by atoms with Crippen LogP contribution in [0.15, 0.2) is 4.63 Å². The molecule has 0 bridgehead atoms. The van der Waals surface area contributed by atoms with Crippen LogP contribution in [0.2, 0.25) is 0 Å². The van der Waals surface area contributed by atoms with Crippen LogP contribution < -0.4 is 11.1 Å². The number of hydrogen-bond acceptors (Lipinski definition) is 6. The third kappa shape index (κ3) is 4.40. The van der Waals surface area contributed by atoms with Gasteiger partial charge in [-0.2, -0.15) is 0 Å². The molecule has 0 radical (unpaired) electrons. The van der Waals surface area contributed by atoms with E-state index >= 15 is 0 Å². The minimum atomic E-state index is -0.813. The van der Waals surface area contributed by atoms with Crippen molar-refractivity contribution >= 4 is 17.7 Å². The summed E-state index contributed by atoms with van der Waals surface area (Å²) in [5, 5.41) is 17.8. The maximum atomic E-state index is 11.5. The zero-order valence-corrected chi connectivity index (χ0v) is 10.0. The van der Waals surface area contributed by atoms with Crippen molar-refractivity contribution in [2.45, 2.75) is 26.2 Å².